The van der Waals surface area contributed by atoms with Gasteiger partial charge in [-0.1, -0.05) is 18.2 Å². The lowest BCUT2D eigenvalue weighted by atomic mass is 10.0. The Hall–Kier alpha value is -1.62. The predicted octanol–water partition coefficient (Wildman–Crippen LogP) is 2.40. The molecule has 106 valence electrons. The molecule has 4 nitrogen and oxygen atoms in total. The molecule has 4 heteroatoms. The number of benzene rings is 2. The van der Waals surface area contributed by atoms with Crippen molar-refractivity contribution in [1.29, 1.82) is 0 Å². The van der Waals surface area contributed by atoms with Crippen molar-refractivity contribution >= 4 is 10.8 Å². The first kappa shape index (κ1) is 13.4. The lowest BCUT2D eigenvalue weighted by Gasteiger charge is -2.24. The summed E-state index contributed by atoms with van der Waals surface area (Å²) in [5.74, 6) is 0.144. The van der Waals surface area contributed by atoms with Gasteiger partial charge in [0.15, 0.2) is 5.79 Å². The van der Waals surface area contributed by atoms with Crippen LogP contribution in [0.4, 0.5) is 0 Å². The molecular weight excluding hydrogens is 254 g/mol. The highest BCUT2D eigenvalue weighted by Crippen LogP contribution is 2.35. The number of hydrogen-bond donors (Lipinski definition) is 1. The van der Waals surface area contributed by atoms with Gasteiger partial charge in [0.2, 0.25) is 0 Å². The monoisotopic (exact) mass is 273 g/mol. The molecule has 0 spiro atoms. The standard InChI is InChI=1S/C16H19NO3/c1-16(19-10-15(9-17)20-16)13-5-3-12-8-14(18-2)6-4-11(12)7-13/h3-8,15H,9-10,17H2,1-2H3. The molecule has 2 aromatic carbocycles. The van der Waals surface area contributed by atoms with Gasteiger partial charge in [0.25, 0.3) is 0 Å². The predicted molar refractivity (Wildman–Crippen MR) is 77.7 cm³/mol. The molecule has 1 aliphatic rings. The van der Waals surface area contributed by atoms with E-state index in [9.17, 15) is 0 Å². The Morgan fingerprint density at radius 3 is 2.70 bits per heavy atom. The Labute approximate surface area is 118 Å². The van der Waals surface area contributed by atoms with Gasteiger partial charge in [-0.2, -0.15) is 0 Å². The van der Waals surface area contributed by atoms with E-state index in [-0.39, 0.29) is 6.10 Å². The summed E-state index contributed by atoms with van der Waals surface area (Å²) in [6.07, 6.45) is -0.0356. The highest BCUT2D eigenvalue weighted by molar-refractivity contribution is 5.84. The maximum absolute atomic E-state index is 5.91. The van der Waals surface area contributed by atoms with E-state index in [1.165, 1.54) is 0 Å². The third-order valence-corrected chi connectivity index (χ3v) is 3.77. The number of hydrogen-bond acceptors (Lipinski definition) is 4. The van der Waals surface area contributed by atoms with Crippen molar-refractivity contribution in [3.05, 3.63) is 42.0 Å². The summed E-state index contributed by atoms with van der Waals surface area (Å²) in [7, 11) is 1.67. The van der Waals surface area contributed by atoms with Crippen LogP contribution in [0.3, 0.4) is 0 Å². The van der Waals surface area contributed by atoms with Crippen LogP contribution in [-0.4, -0.2) is 26.4 Å². The number of rotatable bonds is 3. The Kier molecular flexibility index (Phi) is 3.38. The second-order valence-electron chi connectivity index (χ2n) is 5.16. The van der Waals surface area contributed by atoms with Crippen LogP contribution in [0.15, 0.2) is 36.4 Å². The van der Waals surface area contributed by atoms with Gasteiger partial charge in [0, 0.05) is 12.1 Å². The molecule has 0 saturated carbocycles. The molecule has 20 heavy (non-hydrogen) atoms. The van der Waals surface area contributed by atoms with Crippen molar-refractivity contribution in [2.75, 3.05) is 20.3 Å². The minimum Gasteiger partial charge on any atom is -0.497 e. The summed E-state index contributed by atoms with van der Waals surface area (Å²) in [6.45, 7) is 2.95. The minimum atomic E-state index is -0.710. The van der Waals surface area contributed by atoms with E-state index in [4.69, 9.17) is 19.9 Å². The topological polar surface area (TPSA) is 53.7 Å². The van der Waals surface area contributed by atoms with Crippen LogP contribution in [-0.2, 0) is 15.3 Å². The van der Waals surface area contributed by atoms with Crippen LogP contribution < -0.4 is 10.5 Å². The van der Waals surface area contributed by atoms with Crippen molar-refractivity contribution in [3.8, 4) is 5.75 Å². The molecule has 0 bridgehead atoms. The van der Waals surface area contributed by atoms with Crippen molar-refractivity contribution < 1.29 is 14.2 Å². The van der Waals surface area contributed by atoms with E-state index >= 15 is 0 Å². The first-order chi connectivity index (χ1) is 9.64. The summed E-state index contributed by atoms with van der Waals surface area (Å²) >= 11 is 0. The zero-order valence-electron chi connectivity index (χ0n) is 11.8. The number of fused-ring (bicyclic) bond motifs is 1. The fourth-order valence-electron chi connectivity index (χ4n) is 2.54. The lowest BCUT2D eigenvalue weighted by Crippen LogP contribution is -2.27. The van der Waals surface area contributed by atoms with Gasteiger partial charge >= 0.3 is 0 Å². The zero-order chi connectivity index (χ0) is 14.2. The molecule has 1 heterocycles. The summed E-state index contributed by atoms with van der Waals surface area (Å²) in [5, 5.41) is 2.26. The highest BCUT2D eigenvalue weighted by atomic mass is 16.7. The molecule has 2 N–H and O–H groups in total. The fraction of sp³-hybridized carbons (Fsp3) is 0.375. The van der Waals surface area contributed by atoms with Crippen LogP contribution in [0.5, 0.6) is 5.75 Å². The van der Waals surface area contributed by atoms with Crippen LogP contribution >= 0.6 is 0 Å². The molecule has 1 saturated heterocycles. The number of nitrogens with two attached hydrogens (primary N) is 1. The van der Waals surface area contributed by atoms with Crippen molar-refractivity contribution in [3.63, 3.8) is 0 Å². The minimum absolute atomic E-state index is 0.0356. The Morgan fingerprint density at radius 1 is 1.25 bits per heavy atom. The van der Waals surface area contributed by atoms with Crippen molar-refractivity contribution in [2.45, 2.75) is 18.8 Å². The molecule has 2 atom stereocenters. The summed E-state index contributed by atoms with van der Waals surface area (Å²) in [6, 6.07) is 12.2. The maximum Gasteiger partial charge on any atom is 0.192 e. The first-order valence-corrected chi connectivity index (χ1v) is 6.75. The molecule has 2 aromatic rings. The average Bonchev–Trinajstić information content (AvgIpc) is 2.89. The van der Waals surface area contributed by atoms with Gasteiger partial charge < -0.3 is 19.9 Å². The Morgan fingerprint density at radius 2 is 2.00 bits per heavy atom. The van der Waals surface area contributed by atoms with E-state index in [1.54, 1.807) is 7.11 Å². The van der Waals surface area contributed by atoms with E-state index in [1.807, 2.05) is 31.2 Å². The van der Waals surface area contributed by atoms with E-state index < -0.39 is 5.79 Å². The third-order valence-electron chi connectivity index (χ3n) is 3.77. The Bertz CT molecular complexity index is 628. The molecular formula is C16H19NO3. The summed E-state index contributed by atoms with van der Waals surface area (Å²) in [5.41, 5.74) is 6.64. The SMILES string of the molecule is COc1ccc2cc(C3(C)OCC(CN)O3)ccc2c1. The van der Waals surface area contributed by atoms with E-state index in [0.29, 0.717) is 13.2 Å². The molecule has 2 unspecified atom stereocenters. The summed E-state index contributed by atoms with van der Waals surface area (Å²) < 4.78 is 16.9. The molecule has 0 amide bonds. The van der Waals surface area contributed by atoms with Crippen LogP contribution in [0.1, 0.15) is 12.5 Å². The Balaban J connectivity index is 1.97. The van der Waals surface area contributed by atoms with Gasteiger partial charge in [-0.25, -0.2) is 0 Å². The molecule has 1 fully saturated rings. The summed E-state index contributed by atoms with van der Waals surface area (Å²) in [4.78, 5) is 0. The van der Waals surface area contributed by atoms with Gasteiger partial charge in [0.05, 0.1) is 19.8 Å². The molecule has 1 aliphatic heterocycles. The average molecular weight is 273 g/mol. The van der Waals surface area contributed by atoms with Crippen molar-refractivity contribution in [2.24, 2.45) is 5.73 Å². The number of ether oxygens (including phenoxy) is 3. The second kappa shape index (κ2) is 5.05. The number of methoxy groups -OCH3 is 1. The van der Waals surface area contributed by atoms with Gasteiger partial charge in [-0.05, 0) is 35.9 Å². The quantitative estimate of drug-likeness (QED) is 0.933. The van der Waals surface area contributed by atoms with Crippen LogP contribution in [0.25, 0.3) is 10.8 Å². The zero-order valence-corrected chi connectivity index (χ0v) is 11.8. The fourth-order valence-corrected chi connectivity index (χ4v) is 2.54. The largest absolute Gasteiger partial charge is 0.497 e. The van der Waals surface area contributed by atoms with Crippen LogP contribution in [0, 0.1) is 0 Å². The highest BCUT2D eigenvalue weighted by Gasteiger charge is 2.38. The lowest BCUT2D eigenvalue weighted by molar-refractivity contribution is -0.160. The third kappa shape index (κ3) is 2.26. The van der Waals surface area contributed by atoms with Gasteiger partial charge in [-0.3, -0.25) is 0 Å². The van der Waals surface area contributed by atoms with Crippen LogP contribution in [0.2, 0.25) is 0 Å². The van der Waals surface area contributed by atoms with E-state index in [0.717, 1.165) is 22.1 Å². The molecule has 0 radical (unpaired) electrons. The normalized spacial score (nSPS) is 26.1. The van der Waals surface area contributed by atoms with E-state index in [2.05, 4.69) is 12.1 Å². The molecule has 3 rings (SSSR count). The smallest absolute Gasteiger partial charge is 0.192 e. The second-order valence-corrected chi connectivity index (χ2v) is 5.16. The van der Waals surface area contributed by atoms with Gasteiger partial charge in [0.1, 0.15) is 5.75 Å². The molecule has 0 aromatic heterocycles. The first-order valence-electron chi connectivity index (χ1n) is 6.75. The van der Waals surface area contributed by atoms with Gasteiger partial charge in [-0.15, -0.1) is 0 Å². The molecule has 0 aliphatic carbocycles. The maximum atomic E-state index is 5.91. The van der Waals surface area contributed by atoms with Crippen molar-refractivity contribution in [1.82, 2.24) is 0 Å².